The van der Waals surface area contributed by atoms with Crippen molar-refractivity contribution in [3.63, 3.8) is 0 Å². The van der Waals surface area contributed by atoms with E-state index in [-0.39, 0.29) is 5.82 Å². The van der Waals surface area contributed by atoms with Crippen LogP contribution in [0.25, 0.3) is 0 Å². The summed E-state index contributed by atoms with van der Waals surface area (Å²) in [6.07, 6.45) is 8.43. The van der Waals surface area contributed by atoms with Crippen molar-refractivity contribution < 1.29 is 9.50 Å². The first-order valence-electron chi connectivity index (χ1n) is 8.22. The van der Waals surface area contributed by atoms with E-state index in [1.54, 1.807) is 12.1 Å². The highest BCUT2D eigenvalue weighted by Gasteiger charge is 2.26. The molecule has 1 aromatic carbocycles. The number of hydrogen-bond acceptors (Lipinski definition) is 1. The number of hydrogen-bond donors (Lipinski definition) is 1. The lowest BCUT2D eigenvalue weighted by atomic mass is 9.76. The number of aliphatic hydroxyl groups is 1. The third-order valence-corrected chi connectivity index (χ3v) is 5.08. The molecule has 2 rings (SSSR count). The lowest BCUT2D eigenvalue weighted by molar-refractivity contribution is 0.0719. The molecule has 1 aromatic rings. The third kappa shape index (κ3) is 4.96. The lowest BCUT2D eigenvalue weighted by Crippen LogP contribution is -2.27. The quantitative estimate of drug-likeness (QED) is 0.747. The van der Waals surface area contributed by atoms with E-state index < -0.39 is 6.10 Å². The van der Waals surface area contributed by atoms with E-state index in [0.29, 0.717) is 22.9 Å². The van der Waals surface area contributed by atoms with Gasteiger partial charge in [-0.25, -0.2) is 4.39 Å². The first-order chi connectivity index (χ1) is 10.1. The zero-order valence-corrected chi connectivity index (χ0v) is 13.6. The summed E-state index contributed by atoms with van der Waals surface area (Å²) in [5.74, 6) is 0.844. The Kier molecular flexibility index (Phi) is 6.50. The Morgan fingerprint density at radius 3 is 2.62 bits per heavy atom. The Morgan fingerprint density at radius 1 is 1.29 bits per heavy atom. The van der Waals surface area contributed by atoms with Crippen LogP contribution in [0.2, 0.25) is 5.02 Å². The first-order valence-corrected chi connectivity index (χ1v) is 8.60. The molecule has 1 saturated carbocycles. The Labute approximate surface area is 132 Å². The van der Waals surface area contributed by atoms with Crippen LogP contribution in [0, 0.1) is 17.7 Å². The molecule has 0 aliphatic heterocycles. The molecule has 1 aliphatic rings. The molecule has 1 aliphatic carbocycles. The molecule has 0 amide bonds. The Morgan fingerprint density at radius 2 is 2.00 bits per heavy atom. The van der Waals surface area contributed by atoms with E-state index >= 15 is 0 Å². The Bertz CT molecular complexity index is 441. The maximum atomic E-state index is 13.8. The van der Waals surface area contributed by atoms with E-state index in [2.05, 4.69) is 6.92 Å². The summed E-state index contributed by atoms with van der Waals surface area (Å²) in [6, 6.07) is 4.70. The molecule has 0 spiro atoms. The predicted octanol–water partition coefficient (Wildman–Crippen LogP) is 5.38. The van der Waals surface area contributed by atoms with Crippen LogP contribution in [0.15, 0.2) is 18.2 Å². The molecule has 0 radical (unpaired) electrons. The van der Waals surface area contributed by atoms with Crippen LogP contribution in [0.5, 0.6) is 0 Å². The number of rotatable bonds is 6. The van der Waals surface area contributed by atoms with Crippen LogP contribution >= 0.6 is 11.6 Å². The second-order valence-electron chi connectivity index (χ2n) is 6.43. The zero-order chi connectivity index (χ0) is 15.2. The zero-order valence-electron chi connectivity index (χ0n) is 12.8. The summed E-state index contributed by atoms with van der Waals surface area (Å²) in [4.78, 5) is 0. The SMILES string of the molecule is CCCCC1CCC(C(O)Cc2ccc(Cl)cc2F)CC1. The van der Waals surface area contributed by atoms with Crippen LogP contribution in [0.4, 0.5) is 4.39 Å². The summed E-state index contributed by atoms with van der Waals surface area (Å²) in [6.45, 7) is 2.23. The maximum absolute atomic E-state index is 13.8. The van der Waals surface area contributed by atoms with Crippen LogP contribution in [0.3, 0.4) is 0 Å². The average molecular weight is 313 g/mol. The molecule has 1 N–H and O–H groups in total. The average Bonchev–Trinajstić information content (AvgIpc) is 2.48. The highest BCUT2D eigenvalue weighted by atomic mass is 35.5. The second-order valence-corrected chi connectivity index (χ2v) is 6.87. The van der Waals surface area contributed by atoms with Gasteiger partial charge in [0.2, 0.25) is 0 Å². The summed E-state index contributed by atoms with van der Waals surface area (Å²) in [5.41, 5.74) is 0.569. The van der Waals surface area contributed by atoms with Gasteiger partial charge in [0.25, 0.3) is 0 Å². The fourth-order valence-electron chi connectivity index (χ4n) is 3.43. The molecule has 0 aromatic heterocycles. The smallest absolute Gasteiger partial charge is 0.127 e. The van der Waals surface area contributed by atoms with Crippen molar-refractivity contribution in [2.75, 3.05) is 0 Å². The van der Waals surface area contributed by atoms with Gasteiger partial charge in [-0.15, -0.1) is 0 Å². The van der Waals surface area contributed by atoms with Gasteiger partial charge >= 0.3 is 0 Å². The highest BCUT2D eigenvalue weighted by Crippen LogP contribution is 2.34. The van der Waals surface area contributed by atoms with Gasteiger partial charge in [0.15, 0.2) is 0 Å². The van der Waals surface area contributed by atoms with Crippen molar-refractivity contribution in [1.29, 1.82) is 0 Å². The van der Waals surface area contributed by atoms with E-state index in [9.17, 15) is 9.50 Å². The van der Waals surface area contributed by atoms with Crippen LogP contribution in [-0.2, 0) is 6.42 Å². The van der Waals surface area contributed by atoms with Gasteiger partial charge in [0, 0.05) is 11.4 Å². The minimum Gasteiger partial charge on any atom is -0.392 e. The molecular formula is C18H26ClFO. The summed E-state index contributed by atoms with van der Waals surface area (Å²) in [7, 11) is 0. The number of benzene rings is 1. The van der Waals surface area contributed by atoms with E-state index in [4.69, 9.17) is 11.6 Å². The highest BCUT2D eigenvalue weighted by molar-refractivity contribution is 6.30. The summed E-state index contributed by atoms with van der Waals surface area (Å²) in [5, 5.41) is 10.8. The third-order valence-electron chi connectivity index (χ3n) is 4.85. The van der Waals surface area contributed by atoms with Gasteiger partial charge in [-0.05, 0) is 42.4 Å². The van der Waals surface area contributed by atoms with Gasteiger partial charge < -0.3 is 5.11 Å². The molecule has 1 nitrogen and oxygen atoms in total. The molecule has 1 atom stereocenters. The van der Waals surface area contributed by atoms with Gasteiger partial charge in [0.1, 0.15) is 5.82 Å². The van der Waals surface area contributed by atoms with Gasteiger partial charge in [-0.1, -0.05) is 56.7 Å². The van der Waals surface area contributed by atoms with Crippen molar-refractivity contribution in [3.8, 4) is 0 Å². The second kappa shape index (κ2) is 8.14. The van der Waals surface area contributed by atoms with Gasteiger partial charge in [-0.3, -0.25) is 0 Å². The Balaban J connectivity index is 1.83. The first kappa shape index (κ1) is 16.8. The minimum absolute atomic E-state index is 0.307. The fraction of sp³-hybridized carbons (Fsp3) is 0.667. The molecule has 0 heterocycles. The molecule has 3 heteroatoms. The number of unbranched alkanes of at least 4 members (excludes halogenated alkanes) is 1. The number of halogens is 2. The summed E-state index contributed by atoms with van der Waals surface area (Å²) >= 11 is 5.76. The van der Waals surface area contributed by atoms with Crippen LogP contribution in [0.1, 0.15) is 57.4 Å². The van der Waals surface area contributed by atoms with Crippen molar-refractivity contribution in [1.82, 2.24) is 0 Å². The van der Waals surface area contributed by atoms with Crippen LogP contribution < -0.4 is 0 Å². The van der Waals surface area contributed by atoms with Crippen molar-refractivity contribution in [2.24, 2.45) is 11.8 Å². The van der Waals surface area contributed by atoms with E-state index in [1.165, 1.54) is 38.2 Å². The molecule has 21 heavy (non-hydrogen) atoms. The molecule has 0 saturated heterocycles. The standard InChI is InChI=1S/C18H26ClFO/c1-2-3-4-13-5-7-14(8-6-13)18(21)11-15-9-10-16(19)12-17(15)20/h9-10,12-14,18,21H,2-8,11H2,1H3. The number of aliphatic hydroxyl groups excluding tert-OH is 1. The molecule has 1 unspecified atom stereocenters. The van der Waals surface area contributed by atoms with Crippen molar-refractivity contribution in [2.45, 2.75) is 64.4 Å². The summed E-state index contributed by atoms with van der Waals surface area (Å²) < 4.78 is 13.8. The van der Waals surface area contributed by atoms with Crippen LogP contribution in [-0.4, -0.2) is 11.2 Å². The monoisotopic (exact) mass is 312 g/mol. The fourth-order valence-corrected chi connectivity index (χ4v) is 3.59. The van der Waals surface area contributed by atoms with Crippen molar-refractivity contribution >= 4 is 11.6 Å². The lowest BCUT2D eigenvalue weighted by Gasteiger charge is -2.31. The topological polar surface area (TPSA) is 20.2 Å². The minimum atomic E-state index is -0.437. The maximum Gasteiger partial charge on any atom is 0.127 e. The van der Waals surface area contributed by atoms with E-state index in [0.717, 1.165) is 18.8 Å². The van der Waals surface area contributed by atoms with E-state index in [1.807, 2.05) is 0 Å². The molecule has 1 fully saturated rings. The van der Waals surface area contributed by atoms with Gasteiger partial charge in [0.05, 0.1) is 6.10 Å². The normalized spacial score (nSPS) is 24.0. The van der Waals surface area contributed by atoms with Gasteiger partial charge in [-0.2, -0.15) is 0 Å². The molecule has 118 valence electrons. The molecular weight excluding hydrogens is 287 g/mol. The molecule has 0 bridgehead atoms. The Hall–Kier alpha value is -0.600. The van der Waals surface area contributed by atoms with Crippen molar-refractivity contribution in [3.05, 3.63) is 34.6 Å². The largest absolute Gasteiger partial charge is 0.392 e. The predicted molar refractivity (Wildman–Crippen MR) is 86.1 cm³/mol.